The third-order valence-corrected chi connectivity index (χ3v) is 4.69. The van der Waals surface area contributed by atoms with Gasteiger partial charge in [-0.2, -0.15) is 0 Å². The number of methoxy groups -OCH3 is 1. The third-order valence-electron chi connectivity index (χ3n) is 3.44. The molecular weight excluding hydrogens is 258 g/mol. The van der Waals surface area contributed by atoms with E-state index in [4.69, 9.17) is 10.5 Å². The van der Waals surface area contributed by atoms with Crippen molar-refractivity contribution in [2.75, 3.05) is 7.11 Å². The Kier molecular flexibility index (Phi) is 4.29. The predicted molar refractivity (Wildman–Crippen MR) is 77.0 cm³/mol. The molecule has 0 saturated heterocycles. The Bertz CT molecular complexity index is 522. The Labute approximate surface area is 117 Å². The van der Waals surface area contributed by atoms with Crippen molar-refractivity contribution in [3.8, 4) is 0 Å². The second-order valence-electron chi connectivity index (χ2n) is 4.62. The van der Waals surface area contributed by atoms with E-state index in [9.17, 15) is 0 Å². The van der Waals surface area contributed by atoms with Gasteiger partial charge >= 0.3 is 0 Å². The number of aromatic nitrogens is 2. The minimum Gasteiger partial charge on any atom is -0.371 e. The molecular formula is C14H19N3OS. The summed E-state index contributed by atoms with van der Waals surface area (Å²) >= 11 is 1.52. The van der Waals surface area contributed by atoms with Crippen LogP contribution in [-0.4, -0.2) is 17.3 Å². The minimum atomic E-state index is -0.383. The SMILES string of the molecule is CCC(C)(OC)c1nnc(C(N)c2ccccc2)s1. The largest absolute Gasteiger partial charge is 0.371 e. The fourth-order valence-electron chi connectivity index (χ4n) is 1.76. The molecule has 5 heteroatoms. The van der Waals surface area contributed by atoms with Gasteiger partial charge in [-0.25, -0.2) is 0 Å². The zero-order valence-corrected chi connectivity index (χ0v) is 12.3. The molecule has 2 rings (SSSR count). The lowest BCUT2D eigenvalue weighted by Gasteiger charge is -2.22. The van der Waals surface area contributed by atoms with Crippen LogP contribution >= 0.6 is 11.3 Å². The summed E-state index contributed by atoms with van der Waals surface area (Å²) in [6, 6.07) is 9.69. The van der Waals surface area contributed by atoms with E-state index in [1.807, 2.05) is 37.3 Å². The summed E-state index contributed by atoms with van der Waals surface area (Å²) in [6.45, 7) is 4.09. The molecule has 0 aliphatic rings. The number of hydrogen-bond donors (Lipinski definition) is 1. The van der Waals surface area contributed by atoms with Crippen molar-refractivity contribution in [1.29, 1.82) is 0 Å². The first-order chi connectivity index (χ1) is 9.10. The second-order valence-corrected chi connectivity index (χ2v) is 5.63. The van der Waals surface area contributed by atoms with E-state index in [-0.39, 0.29) is 11.6 Å². The van der Waals surface area contributed by atoms with E-state index >= 15 is 0 Å². The maximum absolute atomic E-state index is 6.22. The highest BCUT2D eigenvalue weighted by molar-refractivity contribution is 7.11. The van der Waals surface area contributed by atoms with E-state index in [1.54, 1.807) is 7.11 Å². The van der Waals surface area contributed by atoms with E-state index in [0.717, 1.165) is 22.0 Å². The summed E-state index contributed by atoms with van der Waals surface area (Å²) < 4.78 is 5.54. The summed E-state index contributed by atoms with van der Waals surface area (Å²) in [5, 5.41) is 10.1. The molecule has 0 radical (unpaired) electrons. The monoisotopic (exact) mass is 277 g/mol. The van der Waals surface area contributed by atoms with Crippen LogP contribution < -0.4 is 5.73 Å². The molecule has 1 aromatic heterocycles. The van der Waals surface area contributed by atoms with Crippen LogP contribution in [0.25, 0.3) is 0 Å². The van der Waals surface area contributed by atoms with Gasteiger partial charge in [-0.1, -0.05) is 48.6 Å². The normalized spacial score (nSPS) is 16.0. The zero-order chi connectivity index (χ0) is 13.9. The lowest BCUT2D eigenvalue weighted by atomic mass is 10.1. The molecule has 2 unspecified atom stereocenters. The van der Waals surface area contributed by atoms with E-state index in [2.05, 4.69) is 17.1 Å². The molecule has 4 nitrogen and oxygen atoms in total. The van der Waals surface area contributed by atoms with Gasteiger partial charge in [0.1, 0.15) is 15.6 Å². The van der Waals surface area contributed by atoms with Gasteiger partial charge in [0.2, 0.25) is 0 Å². The van der Waals surface area contributed by atoms with Gasteiger partial charge in [-0.15, -0.1) is 10.2 Å². The third kappa shape index (κ3) is 2.83. The Balaban J connectivity index is 2.27. The summed E-state index contributed by atoms with van der Waals surface area (Å²) in [7, 11) is 1.70. The molecule has 0 saturated carbocycles. The van der Waals surface area contributed by atoms with Gasteiger partial charge in [0.25, 0.3) is 0 Å². The van der Waals surface area contributed by atoms with Crippen molar-refractivity contribution < 1.29 is 4.74 Å². The number of rotatable bonds is 5. The maximum Gasteiger partial charge on any atom is 0.149 e. The van der Waals surface area contributed by atoms with E-state index < -0.39 is 0 Å². The summed E-state index contributed by atoms with van der Waals surface area (Å²) in [5.74, 6) is 0. The molecule has 2 aromatic rings. The summed E-state index contributed by atoms with van der Waals surface area (Å²) in [6.07, 6.45) is 0.846. The van der Waals surface area contributed by atoms with Gasteiger partial charge in [0, 0.05) is 7.11 Å². The number of benzene rings is 1. The summed E-state index contributed by atoms with van der Waals surface area (Å²) in [5.41, 5.74) is 6.88. The molecule has 0 bridgehead atoms. The minimum absolute atomic E-state index is 0.231. The van der Waals surface area contributed by atoms with Crippen molar-refractivity contribution in [3.05, 3.63) is 45.9 Å². The molecule has 19 heavy (non-hydrogen) atoms. The molecule has 0 fully saturated rings. The van der Waals surface area contributed by atoms with Crippen molar-refractivity contribution in [2.24, 2.45) is 5.73 Å². The fraction of sp³-hybridized carbons (Fsp3) is 0.429. The van der Waals surface area contributed by atoms with Crippen LogP contribution in [0, 0.1) is 0 Å². The average Bonchev–Trinajstić information content (AvgIpc) is 2.97. The molecule has 0 amide bonds. The van der Waals surface area contributed by atoms with Gasteiger partial charge in [-0.05, 0) is 18.9 Å². The first-order valence-electron chi connectivity index (χ1n) is 6.30. The first kappa shape index (κ1) is 14.1. The van der Waals surface area contributed by atoms with Crippen LogP contribution in [0.2, 0.25) is 0 Å². The highest BCUT2D eigenvalue weighted by Gasteiger charge is 2.29. The van der Waals surface area contributed by atoms with Crippen LogP contribution in [0.15, 0.2) is 30.3 Å². The Morgan fingerprint density at radius 1 is 1.32 bits per heavy atom. The Hall–Kier alpha value is -1.30. The van der Waals surface area contributed by atoms with Gasteiger partial charge in [0.15, 0.2) is 0 Å². The van der Waals surface area contributed by atoms with Crippen LogP contribution in [0.4, 0.5) is 0 Å². The molecule has 1 aromatic carbocycles. The average molecular weight is 277 g/mol. The molecule has 2 N–H and O–H groups in total. The Morgan fingerprint density at radius 3 is 2.58 bits per heavy atom. The van der Waals surface area contributed by atoms with E-state index in [1.165, 1.54) is 11.3 Å². The number of ether oxygens (including phenoxy) is 1. The van der Waals surface area contributed by atoms with Crippen molar-refractivity contribution in [1.82, 2.24) is 10.2 Å². The highest BCUT2D eigenvalue weighted by atomic mass is 32.1. The fourth-order valence-corrected chi connectivity index (χ4v) is 2.83. The maximum atomic E-state index is 6.22. The van der Waals surface area contributed by atoms with Crippen LogP contribution in [-0.2, 0) is 10.3 Å². The van der Waals surface area contributed by atoms with Crippen molar-refractivity contribution in [2.45, 2.75) is 31.9 Å². The number of nitrogens with zero attached hydrogens (tertiary/aromatic N) is 2. The van der Waals surface area contributed by atoms with Crippen LogP contribution in [0.5, 0.6) is 0 Å². The number of nitrogens with two attached hydrogens (primary N) is 1. The molecule has 1 heterocycles. The number of hydrogen-bond acceptors (Lipinski definition) is 5. The Morgan fingerprint density at radius 2 is 2.00 bits per heavy atom. The van der Waals surface area contributed by atoms with E-state index in [0.29, 0.717) is 0 Å². The van der Waals surface area contributed by atoms with Crippen molar-refractivity contribution >= 4 is 11.3 Å². The molecule has 0 spiro atoms. The van der Waals surface area contributed by atoms with Gasteiger partial charge < -0.3 is 10.5 Å². The predicted octanol–water partition coefficient (Wildman–Crippen LogP) is 2.86. The van der Waals surface area contributed by atoms with Gasteiger partial charge in [0.05, 0.1) is 6.04 Å². The zero-order valence-electron chi connectivity index (χ0n) is 11.5. The van der Waals surface area contributed by atoms with Crippen LogP contribution in [0.1, 0.15) is 41.9 Å². The smallest absolute Gasteiger partial charge is 0.149 e. The summed E-state index contributed by atoms with van der Waals surface area (Å²) in [4.78, 5) is 0. The molecule has 2 atom stereocenters. The standard InChI is InChI=1S/C14H19N3OS/c1-4-14(2,18-3)13-17-16-12(19-13)11(15)10-8-6-5-7-9-10/h5-9,11H,4,15H2,1-3H3. The quantitative estimate of drug-likeness (QED) is 0.913. The lowest BCUT2D eigenvalue weighted by Crippen LogP contribution is -2.22. The second kappa shape index (κ2) is 5.77. The van der Waals surface area contributed by atoms with Gasteiger partial charge in [-0.3, -0.25) is 0 Å². The molecule has 0 aliphatic heterocycles. The molecule has 0 aliphatic carbocycles. The first-order valence-corrected chi connectivity index (χ1v) is 7.12. The van der Waals surface area contributed by atoms with Crippen LogP contribution in [0.3, 0.4) is 0 Å². The van der Waals surface area contributed by atoms with Crippen molar-refractivity contribution in [3.63, 3.8) is 0 Å². The molecule has 102 valence electrons. The lowest BCUT2D eigenvalue weighted by molar-refractivity contribution is -0.00207. The topological polar surface area (TPSA) is 61.0 Å². The highest BCUT2D eigenvalue weighted by Crippen LogP contribution is 2.33.